The van der Waals surface area contributed by atoms with Crippen LogP contribution < -0.4 is 10.6 Å². The van der Waals surface area contributed by atoms with Crippen molar-refractivity contribution >= 4 is 40.8 Å². The van der Waals surface area contributed by atoms with Crippen LogP contribution in [0.3, 0.4) is 0 Å². The van der Waals surface area contributed by atoms with E-state index in [2.05, 4.69) is 26.7 Å². The molecule has 1 heterocycles. The van der Waals surface area contributed by atoms with Gasteiger partial charge >= 0.3 is 0 Å². The molecule has 0 aliphatic carbocycles. The van der Waals surface area contributed by atoms with Gasteiger partial charge in [-0.1, -0.05) is 12.1 Å². The third kappa shape index (κ3) is 5.44. The van der Waals surface area contributed by atoms with Crippen LogP contribution >= 0.6 is 24.0 Å². The Morgan fingerprint density at radius 3 is 2.85 bits per heavy atom. The average molecular weight is 477 g/mol. The maximum atomic E-state index is 13.4. The van der Waals surface area contributed by atoms with Crippen molar-refractivity contribution in [3.63, 3.8) is 0 Å². The van der Waals surface area contributed by atoms with Crippen LogP contribution in [0.2, 0.25) is 0 Å². The fraction of sp³-hybridized carbons (Fsp3) is 0.200. The number of hydrogen-bond acceptors (Lipinski definition) is 2. The van der Waals surface area contributed by atoms with Gasteiger partial charge < -0.3 is 15.6 Å². The molecule has 1 aromatic heterocycles. The van der Waals surface area contributed by atoms with Gasteiger partial charge in [0.1, 0.15) is 5.82 Å². The maximum absolute atomic E-state index is 13.4. The standard InChI is InChI=1S/C20H20FN5.HI/c1-23-20(26-12-15-4-2-3-14(9-15)11-22)24-8-7-16-13-25-19-6-5-17(21)10-18(16)19;/h2-6,9-10,13,25H,7-8,12H2,1H3,(H2,23,24,26);1H. The Kier molecular flexibility index (Phi) is 7.61. The summed E-state index contributed by atoms with van der Waals surface area (Å²) in [5, 5.41) is 16.3. The monoisotopic (exact) mass is 477 g/mol. The highest BCUT2D eigenvalue weighted by atomic mass is 127. The molecule has 140 valence electrons. The predicted molar refractivity (Wildman–Crippen MR) is 117 cm³/mol. The molecule has 3 rings (SSSR count). The van der Waals surface area contributed by atoms with Gasteiger partial charge in [-0.3, -0.25) is 4.99 Å². The lowest BCUT2D eigenvalue weighted by Gasteiger charge is -2.12. The summed E-state index contributed by atoms with van der Waals surface area (Å²) >= 11 is 0. The van der Waals surface area contributed by atoms with E-state index in [-0.39, 0.29) is 29.8 Å². The SMILES string of the molecule is CN=C(NCCc1c[nH]c2ccc(F)cc12)NCc1cccc(C#N)c1.I. The molecule has 27 heavy (non-hydrogen) atoms. The second-order valence-corrected chi connectivity index (χ2v) is 5.92. The first-order valence-corrected chi connectivity index (χ1v) is 8.38. The largest absolute Gasteiger partial charge is 0.361 e. The van der Waals surface area contributed by atoms with Gasteiger partial charge in [-0.05, 0) is 47.9 Å². The van der Waals surface area contributed by atoms with E-state index < -0.39 is 0 Å². The van der Waals surface area contributed by atoms with Crippen LogP contribution in [0, 0.1) is 17.1 Å². The number of aliphatic imine (C=N–C) groups is 1. The Morgan fingerprint density at radius 1 is 1.22 bits per heavy atom. The van der Waals surface area contributed by atoms with Crippen molar-refractivity contribution in [3.8, 4) is 6.07 Å². The lowest BCUT2D eigenvalue weighted by atomic mass is 10.1. The highest BCUT2D eigenvalue weighted by Crippen LogP contribution is 2.19. The summed E-state index contributed by atoms with van der Waals surface area (Å²) < 4.78 is 13.4. The van der Waals surface area contributed by atoms with Crippen LogP contribution in [0.15, 0.2) is 53.7 Å². The number of halogens is 2. The molecule has 0 spiro atoms. The summed E-state index contributed by atoms with van der Waals surface area (Å²) in [4.78, 5) is 7.36. The number of aromatic amines is 1. The van der Waals surface area contributed by atoms with Crippen molar-refractivity contribution in [2.45, 2.75) is 13.0 Å². The Balaban J connectivity index is 0.00000261. The highest BCUT2D eigenvalue weighted by Gasteiger charge is 2.05. The first kappa shape index (κ1) is 20.7. The number of rotatable bonds is 5. The van der Waals surface area contributed by atoms with Crippen molar-refractivity contribution in [1.82, 2.24) is 15.6 Å². The van der Waals surface area contributed by atoms with Crippen LogP contribution in [0.25, 0.3) is 10.9 Å². The van der Waals surface area contributed by atoms with Crippen LogP contribution in [0.1, 0.15) is 16.7 Å². The summed E-state index contributed by atoms with van der Waals surface area (Å²) in [7, 11) is 1.71. The van der Waals surface area contributed by atoms with Crippen LogP contribution in [0.4, 0.5) is 4.39 Å². The molecular formula is C20H21FIN5. The molecule has 2 aromatic carbocycles. The number of guanidine groups is 1. The molecule has 0 bridgehead atoms. The van der Waals surface area contributed by atoms with Gasteiger partial charge in [0.2, 0.25) is 0 Å². The number of nitrogens with zero attached hydrogens (tertiary/aromatic N) is 2. The van der Waals surface area contributed by atoms with E-state index >= 15 is 0 Å². The van der Waals surface area contributed by atoms with Crippen molar-refractivity contribution in [1.29, 1.82) is 5.26 Å². The summed E-state index contributed by atoms with van der Waals surface area (Å²) in [6.07, 6.45) is 2.66. The minimum absolute atomic E-state index is 0. The Morgan fingerprint density at radius 2 is 2.07 bits per heavy atom. The Hall–Kier alpha value is -2.60. The van der Waals surface area contributed by atoms with E-state index in [0.717, 1.165) is 28.5 Å². The molecular weight excluding hydrogens is 456 g/mol. The third-order valence-corrected chi connectivity index (χ3v) is 4.16. The molecule has 0 aliphatic rings. The van der Waals surface area contributed by atoms with E-state index in [0.29, 0.717) is 24.6 Å². The zero-order chi connectivity index (χ0) is 18.4. The van der Waals surface area contributed by atoms with Crippen LogP contribution in [0.5, 0.6) is 0 Å². The minimum atomic E-state index is -0.233. The zero-order valence-corrected chi connectivity index (χ0v) is 17.3. The van der Waals surface area contributed by atoms with Gasteiger partial charge in [-0.25, -0.2) is 4.39 Å². The summed E-state index contributed by atoms with van der Waals surface area (Å²) in [6, 6.07) is 14.3. The first-order chi connectivity index (χ1) is 12.7. The zero-order valence-electron chi connectivity index (χ0n) is 14.9. The van der Waals surface area contributed by atoms with Crippen LogP contribution in [-0.2, 0) is 13.0 Å². The van der Waals surface area contributed by atoms with E-state index in [9.17, 15) is 4.39 Å². The Bertz CT molecular complexity index is 974. The van der Waals surface area contributed by atoms with Gasteiger partial charge in [0.15, 0.2) is 5.96 Å². The molecule has 0 radical (unpaired) electrons. The molecule has 0 aliphatic heterocycles. The molecule has 5 nitrogen and oxygen atoms in total. The molecule has 0 amide bonds. The number of H-pyrrole nitrogens is 1. The van der Waals surface area contributed by atoms with Gasteiger partial charge in [0.05, 0.1) is 11.6 Å². The fourth-order valence-corrected chi connectivity index (χ4v) is 2.83. The molecule has 0 fully saturated rings. The summed E-state index contributed by atoms with van der Waals surface area (Å²) in [6.45, 7) is 1.24. The number of nitriles is 1. The first-order valence-electron chi connectivity index (χ1n) is 8.38. The van der Waals surface area contributed by atoms with E-state index in [4.69, 9.17) is 5.26 Å². The quantitative estimate of drug-likeness (QED) is 0.298. The van der Waals surface area contributed by atoms with E-state index in [1.807, 2.05) is 24.4 Å². The molecule has 3 aromatic rings. The predicted octanol–water partition coefficient (Wildman–Crippen LogP) is 3.70. The third-order valence-electron chi connectivity index (χ3n) is 4.16. The van der Waals surface area contributed by atoms with Gasteiger partial charge in [0, 0.05) is 37.2 Å². The topological polar surface area (TPSA) is 76.0 Å². The molecule has 0 unspecified atom stereocenters. The summed E-state index contributed by atoms with van der Waals surface area (Å²) in [5.41, 5.74) is 3.64. The van der Waals surface area contributed by atoms with Gasteiger partial charge in [-0.2, -0.15) is 5.26 Å². The average Bonchev–Trinajstić information content (AvgIpc) is 3.06. The number of aromatic nitrogens is 1. The molecule has 0 saturated heterocycles. The van der Waals surface area contributed by atoms with E-state index in [1.165, 1.54) is 6.07 Å². The molecule has 0 atom stereocenters. The van der Waals surface area contributed by atoms with Crippen molar-refractivity contribution in [2.75, 3.05) is 13.6 Å². The molecule has 3 N–H and O–H groups in total. The number of hydrogen-bond donors (Lipinski definition) is 3. The normalized spacial score (nSPS) is 10.9. The van der Waals surface area contributed by atoms with Crippen molar-refractivity contribution in [2.24, 2.45) is 4.99 Å². The smallest absolute Gasteiger partial charge is 0.191 e. The number of benzene rings is 2. The Labute approximate surface area is 174 Å². The van der Waals surface area contributed by atoms with E-state index in [1.54, 1.807) is 25.2 Å². The van der Waals surface area contributed by atoms with Crippen molar-refractivity contribution < 1.29 is 4.39 Å². The second kappa shape index (κ2) is 9.92. The maximum Gasteiger partial charge on any atom is 0.191 e. The molecule has 0 saturated carbocycles. The fourth-order valence-electron chi connectivity index (χ4n) is 2.83. The lowest BCUT2D eigenvalue weighted by Crippen LogP contribution is -2.37. The van der Waals surface area contributed by atoms with Crippen LogP contribution in [-0.4, -0.2) is 24.5 Å². The van der Waals surface area contributed by atoms with Gasteiger partial charge in [-0.15, -0.1) is 24.0 Å². The minimum Gasteiger partial charge on any atom is -0.361 e. The summed E-state index contributed by atoms with van der Waals surface area (Å²) in [5.74, 6) is 0.446. The number of fused-ring (bicyclic) bond motifs is 1. The van der Waals surface area contributed by atoms with Crippen molar-refractivity contribution in [3.05, 3.63) is 71.2 Å². The molecule has 7 heteroatoms. The second-order valence-electron chi connectivity index (χ2n) is 5.92. The highest BCUT2D eigenvalue weighted by molar-refractivity contribution is 14.0. The number of nitrogens with one attached hydrogen (secondary N) is 3. The van der Waals surface area contributed by atoms with Gasteiger partial charge in [0.25, 0.3) is 0 Å². The lowest BCUT2D eigenvalue weighted by molar-refractivity contribution is 0.629.